The second-order valence-electron chi connectivity index (χ2n) is 5.52. The number of hydrogen-bond donors (Lipinski definition) is 2. The minimum Gasteiger partial charge on any atom is -0.451 e. The lowest BCUT2D eigenvalue weighted by atomic mass is 10.1. The number of aryl methyl sites for hydroxylation is 1. The zero-order chi connectivity index (χ0) is 15.5. The van der Waals surface area contributed by atoms with Crippen molar-refractivity contribution in [3.63, 3.8) is 0 Å². The van der Waals surface area contributed by atoms with E-state index in [2.05, 4.69) is 16.9 Å². The van der Waals surface area contributed by atoms with Crippen LogP contribution < -0.4 is 10.9 Å². The van der Waals surface area contributed by atoms with E-state index in [-0.39, 0.29) is 17.6 Å². The summed E-state index contributed by atoms with van der Waals surface area (Å²) in [5, 5.41) is 0.898. The van der Waals surface area contributed by atoms with Gasteiger partial charge in [0.2, 0.25) is 5.91 Å². The number of fused-ring (bicyclic) bond motifs is 1. The van der Waals surface area contributed by atoms with Crippen molar-refractivity contribution < 1.29 is 14.0 Å². The molecule has 1 heterocycles. The first kappa shape index (κ1) is 14.4. The third kappa shape index (κ3) is 2.88. The Bertz CT molecular complexity index is 745. The van der Waals surface area contributed by atoms with Gasteiger partial charge in [-0.1, -0.05) is 30.4 Å². The molecule has 2 N–H and O–H groups in total. The zero-order valence-electron chi connectivity index (χ0n) is 12.4. The normalized spacial score (nSPS) is 16.9. The summed E-state index contributed by atoms with van der Waals surface area (Å²) in [7, 11) is 0. The van der Waals surface area contributed by atoms with Gasteiger partial charge in [0.1, 0.15) is 5.58 Å². The molecule has 2 amide bonds. The molecule has 3 rings (SSSR count). The monoisotopic (exact) mass is 298 g/mol. The first-order chi connectivity index (χ1) is 10.6. The number of carbonyl (C=O) groups excluding carboxylic acids is 2. The predicted molar refractivity (Wildman–Crippen MR) is 83.0 cm³/mol. The number of carbonyl (C=O) groups is 2. The second kappa shape index (κ2) is 6.05. The Morgan fingerprint density at radius 1 is 1.27 bits per heavy atom. The van der Waals surface area contributed by atoms with Gasteiger partial charge >= 0.3 is 5.91 Å². The van der Waals surface area contributed by atoms with E-state index in [1.165, 1.54) is 0 Å². The maximum absolute atomic E-state index is 12.1. The molecule has 5 nitrogen and oxygen atoms in total. The van der Waals surface area contributed by atoms with Crippen LogP contribution in [-0.4, -0.2) is 11.8 Å². The average Bonchev–Trinajstić information content (AvgIpc) is 3.13. The number of allylic oxidation sites excluding steroid dienone is 2. The van der Waals surface area contributed by atoms with E-state index in [1.54, 1.807) is 0 Å². The highest BCUT2D eigenvalue weighted by molar-refractivity contribution is 5.99. The SMILES string of the molecule is Cc1c(C(=O)NNC(=O)C[C@H]2C=CCC2)oc2ccccc12. The topological polar surface area (TPSA) is 71.3 Å². The Kier molecular flexibility index (Phi) is 3.96. The summed E-state index contributed by atoms with van der Waals surface area (Å²) in [6.45, 7) is 1.83. The van der Waals surface area contributed by atoms with Crippen LogP contribution in [0.2, 0.25) is 0 Å². The molecule has 1 aliphatic carbocycles. The van der Waals surface area contributed by atoms with Crippen LogP contribution in [0.3, 0.4) is 0 Å². The van der Waals surface area contributed by atoms with Crippen LogP contribution in [0.4, 0.5) is 0 Å². The number of hydrazine groups is 1. The molecule has 1 aromatic heterocycles. The minimum absolute atomic E-state index is 0.196. The van der Waals surface area contributed by atoms with E-state index in [0.717, 1.165) is 23.8 Å². The molecule has 0 fully saturated rings. The number of nitrogens with one attached hydrogen (secondary N) is 2. The maximum Gasteiger partial charge on any atom is 0.305 e. The van der Waals surface area contributed by atoms with Gasteiger partial charge in [-0.15, -0.1) is 0 Å². The van der Waals surface area contributed by atoms with Crippen LogP contribution in [0.15, 0.2) is 40.8 Å². The fraction of sp³-hybridized carbons (Fsp3) is 0.294. The summed E-state index contributed by atoms with van der Waals surface area (Å²) in [6, 6.07) is 7.45. The van der Waals surface area contributed by atoms with E-state index >= 15 is 0 Å². The van der Waals surface area contributed by atoms with Gasteiger partial charge in [-0.2, -0.15) is 0 Å². The Morgan fingerprint density at radius 3 is 2.82 bits per heavy atom. The van der Waals surface area contributed by atoms with Crippen molar-refractivity contribution in [1.82, 2.24) is 10.9 Å². The molecule has 1 aliphatic rings. The average molecular weight is 298 g/mol. The van der Waals surface area contributed by atoms with Gasteiger partial charge in [0, 0.05) is 17.4 Å². The second-order valence-corrected chi connectivity index (χ2v) is 5.52. The smallest absolute Gasteiger partial charge is 0.305 e. The standard InChI is InChI=1S/C17H18N2O3/c1-11-13-8-4-5-9-14(13)22-16(11)17(21)19-18-15(20)10-12-6-2-3-7-12/h2,4-6,8-9,12H,3,7,10H2,1H3,(H,18,20)(H,19,21)/t12-/m0/s1. The minimum atomic E-state index is -0.441. The van der Waals surface area contributed by atoms with Crippen molar-refractivity contribution >= 4 is 22.8 Å². The summed E-state index contributed by atoms with van der Waals surface area (Å²) in [5.41, 5.74) is 6.29. The predicted octanol–water partition coefficient (Wildman–Crippen LogP) is 2.86. The molecule has 0 spiro atoms. The molecule has 5 heteroatoms. The molecule has 1 aromatic carbocycles. The van der Waals surface area contributed by atoms with Gasteiger partial charge < -0.3 is 4.42 Å². The lowest BCUT2D eigenvalue weighted by Gasteiger charge is -2.09. The molecule has 2 aromatic rings. The number of para-hydroxylation sites is 1. The summed E-state index contributed by atoms with van der Waals surface area (Å²) >= 11 is 0. The number of rotatable bonds is 3. The summed E-state index contributed by atoms with van der Waals surface area (Å²) in [4.78, 5) is 23.9. The van der Waals surface area contributed by atoms with Gasteiger partial charge in [-0.3, -0.25) is 20.4 Å². The van der Waals surface area contributed by atoms with Crippen LogP contribution in [0.1, 0.15) is 35.4 Å². The van der Waals surface area contributed by atoms with Crippen molar-refractivity contribution in [2.24, 2.45) is 5.92 Å². The summed E-state index contributed by atoms with van der Waals surface area (Å²) in [5.74, 6) is -0.144. The molecule has 0 unspecified atom stereocenters. The largest absolute Gasteiger partial charge is 0.451 e. The van der Waals surface area contributed by atoms with Gasteiger partial charge in [0.25, 0.3) is 0 Å². The molecule has 0 radical (unpaired) electrons. The molecule has 114 valence electrons. The van der Waals surface area contributed by atoms with Gasteiger partial charge in [0.15, 0.2) is 5.76 Å². The summed E-state index contributed by atoms with van der Waals surface area (Å²) in [6.07, 6.45) is 6.52. The van der Waals surface area contributed by atoms with Crippen LogP contribution in [0.5, 0.6) is 0 Å². The molecule has 0 aliphatic heterocycles. The fourth-order valence-electron chi connectivity index (χ4n) is 2.73. The first-order valence-corrected chi connectivity index (χ1v) is 7.39. The lowest BCUT2D eigenvalue weighted by molar-refractivity contribution is -0.122. The van der Waals surface area contributed by atoms with E-state index in [1.807, 2.05) is 37.3 Å². The van der Waals surface area contributed by atoms with Crippen LogP contribution in [-0.2, 0) is 4.79 Å². The van der Waals surface area contributed by atoms with Crippen LogP contribution in [0.25, 0.3) is 11.0 Å². The quantitative estimate of drug-likeness (QED) is 0.676. The van der Waals surface area contributed by atoms with E-state index in [0.29, 0.717) is 12.0 Å². The van der Waals surface area contributed by atoms with Gasteiger partial charge in [-0.05, 0) is 31.7 Å². The molecule has 0 saturated carbocycles. The molecular weight excluding hydrogens is 280 g/mol. The molecule has 1 atom stereocenters. The fourth-order valence-corrected chi connectivity index (χ4v) is 2.73. The maximum atomic E-state index is 12.1. The van der Waals surface area contributed by atoms with E-state index in [4.69, 9.17) is 4.42 Å². The highest BCUT2D eigenvalue weighted by Gasteiger charge is 2.19. The van der Waals surface area contributed by atoms with E-state index < -0.39 is 5.91 Å². The highest BCUT2D eigenvalue weighted by Crippen LogP contribution is 2.24. The number of amides is 2. The van der Waals surface area contributed by atoms with Crippen molar-refractivity contribution in [2.45, 2.75) is 26.2 Å². The zero-order valence-corrected chi connectivity index (χ0v) is 12.4. The highest BCUT2D eigenvalue weighted by atomic mass is 16.3. The Balaban J connectivity index is 1.62. The third-order valence-corrected chi connectivity index (χ3v) is 3.93. The molecule has 22 heavy (non-hydrogen) atoms. The lowest BCUT2D eigenvalue weighted by Crippen LogP contribution is -2.42. The van der Waals surface area contributed by atoms with Crippen LogP contribution >= 0.6 is 0 Å². The van der Waals surface area contributed by atoms with Gasteiger partial charge in [-0.25, -0.2) is 0 Å². The number of benzene rings is 1. The Labute approximate surface area is 128 Å². The van der Waals surface area contributed by atoms with Gasteiger partial charge in [0.05, 0.1) is 0 Å². The summed E-state index contributed by atoms with van der Waals surface area (Å²) < 4.78 is 5.55. The number of furan rings is 1. The molecular formula is C17H18N2O3. The van der Waals surface area contributed by atoms with E-state index in [9.17, 15) is 9.59 Å². The van der Waals surface area contributed by atoms with Crippen molar-refractivity contribution in [3.05, 3.63) is 47.7 Å². The van der Waals surface area contributed by atoms with Crippen molar-refractivity contribution in [1.29, 1.82) is 0 Å². The van der Waals surface area contributed by atoms with Crippen molar-refractivity contribution in [2.75, 3.05) is 0 Å². The molecule has 0 saturated heterocycles. The Morgan fingerprint density at radius 2 is 2.09 bits per heavy atom. The third-order valence-electron chi connectivity index (χ3n) is 3.93. The Hall–Kier alpha value is -2.56. The number of hydrogen-bond acceptors (Lipinski definition) is 3. The van der Waals surface area contributed by atoms with Crippen molar-refractivity contribution in [3.8, 4) is 0 Å². The first-order valence-electron chi connectivity index (χ1n) is 7.39. The van der Waals surface area contributed by atoms with Crippen LogP contribution in [0, 0.1) is 12.8 Å². The molecule has 0 bridgehead atoms.